The number of aryl methyl sites for hydroxylation is 1. The highest BCUT2D eigenvalue weighted by Crippen LogP contribution is 2.17. The largest absolute Gasteiger partial charge is 0.264 e. The topological polar surface area (TPSA) is 63.1 Å². The lowest BCUT2D eigenvalue weighted by Gasteiger charge is -2.05. The number of rotatable bonds is 4. The molecule has 22 heavy (non-hydrogen) atoms. The summed E-state index contributed by atoms with van der Waals surface area (Å²) in [5.41, 5.74) is 5.71. The van der Waals surface area contributed by atoms with E-state index in [0.29, 0.717) is 11.6 Å². The Morgan fingerprint density at radius 1 is 1.05 bits per heavy atom. The first-order chi connectivity index (χ1) is 10.8. The standard InChI is InChI=1S/C17H15N5/c1-13-10-16(22-19-12-14-6-5-9-18-11-14)21-17(20-13)15-7-3-2-4-8-15/h2-12H,1H3,(H,20,21,22)/b19-12-. The molecule has 5 nitrogen and oxygen atoms in total. The molecule has 1 N–H and O–H groups in total. The number of hydrogen-bond acceptors (Lipinski definition) is 5. The second-order valence-electron chi connectivity index (χ2n) is 4.74. The Balaban J connectivity index is 1.80. The zero-order chi connectivity index (χ0) is 15.2. The molecule has 0 aliphatic rings. The number of pyridine rings is 1. The average molecular weight is 289 g/mol. The van der Waals surface area contributed by atoms with Gasteiger partial charge in [0.2, 0.25) is 0 Å². The van der Waals surface area contributed by atoms with Gasteiger partial charge in [-0.15, -0.1) is 0 Å². The second-order valence-corrected chi connectivity index (χ2v) is 4.74. The van der Waals surface area contributed by atoms with Crippen molar-refractivity contribution in [3.8, 4) is 11.4 Å². The third-order valence-electron chi connectivity index (χ3n) is 2.96. The summed E-state index contributed by atoms with van der Waals surface area (Å²) < 4.78 is 0. The van der Waals surface area contributed by atoms with Crippen LogP contribution in [0.4, 0.5) is 5.82 Å². The minimum atomic E-state index is 0.659. The molecule has 2 heterocycles. The molecule has 0 spiro atoms. The van der Waals surface area contributed by atoms with Crippen molar-refractivity contribution >= 4 is 12.0 Å². The summed E-state index contributed by atoms with van der Waals surface area (Å²) in [5, 5.41) is 4.18. The second kappa shape index (κ2) is 6.58. The van der Waals surface area contributed by atoms with Crippen molar-refractivity contribution < 1.29 is 0 Å². The van der Waals surface area contributed by atoms with Gasteiger partial charge in [-0.3, -0.25) is 10.4 Å². The normalized spacial score (nSPS) is 10.8. The molecule has 0 radical (unpaired) electrons. The number of hydrogen-bond donors (Lipinski definition) is 1. The van der Waals surface area contributed by atoms with E-state index < -0.39 is 0 Å². The van der Waals surface area contributed by atoms with Gasteiger partial charge >= 0.3 is 0 Å². The Morgan fingerprint density at radius 3 is 2.68 bits per heavy atom. The molecule has 0 saturated carbocycles. The summed E-state index contributed by atoms with van der Waals surface area (Å²) in [6.07, 6.45) is 5.17. The monoisotopic (exact) mass is 289 g/mol. The minimum absolute atomic E-state index is 0.659. The minimum Gasteiger partial charge on any atom is -0.264 e. The quantitative estimate of drug-likeness (QED) is 0.591. The number of aromatic nitrogens is 3. The molecule has 0 fully saturated rings. The lowest BCUT2D eigenvalue weighted by molar-refractivity contribution is 1.10. The van der Waals surface area contributed by atoms with Gasteiger partial charge in [-0.1, -0.05) is 36.4 Å². The molecule has 5 heteroatoms. The zero-order valence-electron chi connectivity index (χ0n) is 12.1. The molecular weight excluding hydrogens is 274 g/mol. The van der Waals surface area contributed by atoms with Crippen molar-refractivity contribution in [3.05, 3.63) is 72.2 Å². The first kappa shape index (κ1) is 13.9. The van der Waals surface area contributed by atoms with Gasteiger partial charge in [0.25, 0.3) is 0 Å². The Hall–Kier alpha value is -3.08. The maximum atomic E-state index is 4.48. The van der Waals surface area contributed by atoms with E-state index in [-0.39, 0.29) is 0 Å². The highest BCUT2D eigenvalue weighted by atomic mass is 15.3. The Bertz CT molecular complexity index is 770. The highest BCUT2D eigenvalue weighted by molar-refractivity contribution is 5.79. The van der Waals surface area contributed by atoms with Crippen molar-refractivity contribution in [2.45, 2.75) is 6.92 Å². The van der Waals surface area contributed by atoms with Crippen molar-refractivity contribution in [1.29, 1.82) is 0 Å². The number of nitrogens with one attached hydrogen (secondary N) is 1. The predicted octanol–water partition coefficient (Wildman–Crippen LogP) is 3.29. The fourth-order valence-corrected chi connectivity index (χ4v) is 1.97. The maximum absolute atomic E-state index is 4.48. The summed E-state index contributed by atoms with van der Waals surface area (Å²) in [6.45, 7) is 1.93. The van der Waals surface area contributed by atoms with Gasteiger partial charge in [0.05, 0.1) is 6.21 Å². The van der Waals surface area contributed by atoms with E-state index >= 15 is 0 Å². The van der Waals surface area contributed by atoms with E-state index in [1.54, 1.807) is 18.6 Å². The maximum Gasteiger partial charge on any atom is 0.161 e. The van der Waals surface area contributed by atoms with Crippen molar-refractivity contribution in [2.75, 3.05) is 5.43 Å². The Labute approximate surface area is 128 Å². The lowest BCUT2D eigenvalue weighted by Crippen LogP contribution is -1.99. The van der Waals surface area contributed by atoms with E-state index in [0.717, 1.165) is 16.8 Å². The van der Waals surface area contributed by atoms with Crippen LogP contribution in [0.25, 0.3) is 11.4 Å². The highest BCUT2D eigenvalue weighted by Gasteiger charge is 2.03. The van der Waals surface area contributed by atoms with Crippen molar-refractivity contribution in [3.63, 3.8) is 0 Å². The summed E-state index contributed by atoms with van der Waals surface area (Å²) >= 11 is 0. The van der Waals surface area contributed by atoms with Crippen LogP contribution in [0.1, 0.15) is 11.3 Å². The molecule has 108 valence electrons. The van der Waals surface area contributed by atoms with Crippen LogP contribution in [0, 0.1) is 6.92 Å². The molecular formula is C17H15N5. The third kappa shape index (κ3) is 3.52. The summed E-state index contributed by atoms with van der Waals surface area (Å²) in [6, 6.07) is 15.5. The van der Waals surface area contributed by atoms with Gasteiger partial charge in [0, 0.05) is 35.3 Å². The molecule has 0 aliphatic carbocycles. The molecule has 0 saturated heterocycles. The average Bonchev–Trinajstić information content (AvgIpc) is 2.56. The molecule has 3 rings (SSSR count). The lowest BCUT2D eigenvalue weighted by atomic mass is 10.2. The number of benzene rings is 1. The SMILES string of the molecule is Cc1cc(N/N=C\c2cccnc2)nc(-c2ccccc2)n1. The Morgan fingerprint density at radius 2 is 1.91 bits per heavy atom. The number of anilines is 1. The fourth-order valence-electron chi connectivity index (χ4n) is 1.97. The van der Waals surface area contributed by atoms with Crippen LogP contribution in [-0.2, 0) is 0 Å². The first-order valence-electron chi connectivity index (χ1n) is 6.91. The van der Waals surface area contributed by atoms with Crippen LogP contribution in [0.3, 0.4) is 0 Å². The van der Waals surface area contributed by atoms with Crippen LogP contribution in [0.2, 0.25) is 0 Å². The third-order valence-corrected chi connectivity index (χ3v) is 2.96. The molecule has 2 aromatic heterocycles. The van der Waals surface area contributed by atoms with Crippen LogP contribution < -0.4 is 5.43 Å². The molecule has 0 atom stereocenters. The number of hydrazone groups is 1. The first-order valence-corrected chi connectivity index (χ1v) is 6.91. The van der Waals surface area contributed by atoms with Gasteiger partial charge in [0.1, 0.15) is 0 Å². The van der Waals surface area contributed by atoms with Gasteiger partial charge in [-0.25, -0.2) is 9.97 Å². The molecule has 0 bridgehead atoms. The van der Waals surface area contributed by atoms with Crippen molar-refractivity contribution in [2.24, 2.45) is 5.10 Å². The van der Waals surface area contributed by atoms with Crippen molar-refractivity contribution in [1.82, 2.24) is 15.0 Å². The van der Waals surface area contributed by atoms with E-state index in [1.807, 2.05) is 55.5 Å². The zero-order valence-corrected chi connectivity index (χ0v) is 12.1. The number of nitrogens with zero attached hydrogens (tertiary/aromatic N) is 4. The Kier molecular flexibility index (Phi) is 4.15. The molecule has 0 amide bonds. The summed E-state index contributed by atoms with van der Waals surface area (Å²) in [4.78, 5) is 13.0. The van der Waals surface area contributed by atoms with Gasteiger partial charge < -0.3 is 0 Å². The summed E-state index contributed by atoms with van der Waals surface area (Å²) in [5.74, 6) is 1.34. The molecule has 0 unspecified atom stereocenters. The molecule has 1 aromatic carbocycles. The van der Waals surface area contributed by atoms with E-state index in [4.69, 9.17) is 0 Å². The van der Waals surface area contributed by atoms with Crippen LogP contribution in [0.15, 0.2) is 66.0 Å². The van der Waals surface area contributed by atoms with E-state index in [1.165, 1.54) is 0 Å². The molecule has 0 aliphatic heterocycles. The van der Waals surface area contributed by atoms with Gasteiger partial charge in [-0.2, -0.15) is 5.10 Å². The van der Waals surface area contributed by atoms with Crippen LogP contribution in [-0.4, -0.2) is 21.2 Å². The van der Waals surface area contributed by atoms with Gasteiger partial charge in [0.15, 0.2) is 11.6 Å². The predicted molar refractivity (Wildman–Crippen MR) is 87.7 cm³/mol. The smallest absolute Gasteiger partial charge is 0.161 e. The van der Waals surface area contributed by atoms with E-state index in [9.17, 15) is 0 Å². The summed E-state index contributed by atoms with van der Waals surface area (Å²) in [7, 11) is 0. The van der Waals surface area contributed by atoms with Crippen LogP contribution >= 0.6 is 0 Å². The van der Waals surface area contributed by atoms with E-state index in [2.05, 4.69) is 25.5 Å². The fraction of sp³-hybridized carbons (Fsp3) is 0.0588. The van der Waals surface area contributed by atoms with Crippen LogP contribution in [0.5, 0.6) is 0 Å². The van der Waals surface area contributed by atoms with Gasteiger partial charge in [-0.05, 0) is 13.0 Å². The molecule has 3 aromatic rings.